The van der Waals surface area contributed by atoms with Gasteiger partial charge in [0.05, 0.1) is 12.0 Å². The molecule has 2 aliphatic rings. The number of hydrogen-bond acceptors (Lipinski definition) is 5. The number of nitrogens with zero attached hydrogens (tertiary/aromatic N) is 1. The lowest BCUT2D eigenvalue weighted by molar-refractivity contribution is -0.122. The molecule has 1 saturated heterocycles. The smallest absolute Gasteiger partial charge is 0.266 e. The lowest BCUT2D eigenvalue weighted by Crippen LogP contribution is -2.33. The van der Waals surface area contributed by atoms with Gasteiger partial charge in [0.1, 0.15) is 10.9 Å². The minimum atomic E-state index is 0.0160. The topological polar surface area (TPSA) is 38.8 Å². The number of rotatable bonds is 8. The van der Waals surface area contributed by atoms with Crippen LogP contribution in [0.5, 0.6) is 11.5 Å². The number of hydrogen-bond donors (Lipinski definition) is 0. The van der Waals surface area contributed by atoms with Crippen molar-refractivity contribution in [1.29, 1.82) is 0 Å². The molecule has 150 valence electrons. The van der Waals surface area contributed by atoms with Crippen LogP contribution in [0.4, 0.5) is 0 Å². The van der Waals surface area contributed by atoms with Crippen molar-refractivity contribution in [2.75, 3.05) is 20.3 Å². The van der Waals surface area contributed by atoms with E-state index in [-0.39, 0.29) is 5.91 Å². The molecule has 0 saturated carbocycles. The highest BCUT2D eigenvalue weighted by molar-refractivity contribution is 8.26. The Kier molecular flexibility index (Phi) is 7.18. The van der Waals surface area contributed by atoms with E-state index in [1.165, 1.54) is 24.6 Å². The Morgan fingerprint density at radius 1 is 1.39 bits per heavy atom. The summed E-state index contributed by atoms with van der Waals surface area (Å²) in [6.45, 7) is 5.51. The molecule has 0 aromatic heterocycles. The maximum absolute atomic E-state index is 12.9. The van der Waals surface area contributed by atoms with Crippen molar-refractivity contribution < 1.29 is 14.3 Å². The molecule has 2 aliphatic heterocycles. The molecule has 0 aliphatic carbocycles. The summed E-state index contributed by atoms with van der Waals surface area (Å²) < 4.78 is 11.9. The number of thiocarbonyl (C=S) groups is 1. The summed E-state index contributed by atoms with van der Waals surface area (Å²) >= 11 is 6.89. The fourth-order valence-electron chi connectivity index (χ4n) is 3.44. The monoisotopic (exact) mass is 417 g/mol. The number of methoxy groups -OCH3 is 1. The van der Waals surface area contributed by atoms with Crippen LogP contribution in [0, 0.1) is 5.92 Å². The predicted octanol–water partition coefficient (Wildman–Crippen LogP) is 5.43. The Morgan fingerprint density at radius 3 is 2.93 bits per heavy atom. The lowest BCUT2D eigenvalue weighted by Gasteiger charge is -2.22. The number of carbonyl (C=O) groups excluding carboxylic acids is 1. The number of ether oxygens (including phenoxy) is 2. The van der Waals surface area contributed by atoms with Crippen LogP contribution in [-0.4, -0.2) is 35.4 Å². The Balaban J connectivity index is 1.75. The fraction of sp³-hybridized carbons (Fsp3) is 0.455. The minimum absolute atomic E-state index is 0.0160. The second kappa shape index (κ2) is 9.61. The van der Waals surface area contributed by atoms with Gasteiger partial charge < -0.3 is 9.47 Å². The molecule has 1 aromatic carbocycles. The molecular weight excluding hydrogens is 390 g/mol. The van der Waals surface area contributed by atoms with Crippen LogP contribution < -0.4 is 9.47 Å². The summed E-state index contributed by atoms with van der Waals surface area (Å²) in [6, 6.07) is 5.79. The third kappa shape index (κ3) is 4.61. The van der Waals surface area contributed by atoms with Crippen molar-refractivity contribution in [2.45, 2.75) is 39.5 Å². The van der Waals surface area contributed by atoms with Crippen LogP contribution in [0.25, 0.3) is 6.08 Å². The van der Waals surface area contributed by atoms with Crippen LogP contribution in [0.15, 0.2) is 34.8 Å². The number of para-hydroxylation sites is 1. The number of carbonyl (C=O) groups is 1. The van der Waals surface area contributed by atoms with Gasteiger partial charge in [0.2, 0.25) is 0 Å². The molecule has 1 atom stereocenters. The summed E-state index contributed by atoms with van der Waals surface area (Å²) in [5.41, 5.74) is 1.91. The maximum Gasteiger partial charge on any atom is 0.266 e. The summed E-state index contributed by atoms with van der Waals surface area (Å²) in [4.78, 5) is 15.4. The quantitative estimate of drug-likeness (QED) is 0.416. The van der Waals surface area contributed by atoms with Gasteiger partial charge in [0, 0.05) is 12.1 Å². The minimum Gasteiger partial charge on any atom is -0.493 e. The SMILES string of the molecule is CCCCC(CC)CN1C(=O)/C(=C/C2=Cc3cccc(OC)c3OC2)SC1=S. The molecule has 1 amide bonds. The van der Waals surface area contributed by atoms with E-state index in [4.69, 9.17) is 21.7 Å². The van der Waals surface area contributed by atoms with Gasteiger partial charge in [-0.15, -0.1) is 0 Å². The number of benzene rings is 1. The molecule has 28 heavy (non-hydrogen) atoms. The Bertz CT molecular complexity index is 816. The number of thioether (sulfide) groups is 1. The van der Waals surface area contributed by atoms with Crippen molar-refractivity contribution in [1.82, 2.24) is 4.90 Å². The van der Waals surface area contributed by atoms with E-state index < -0.39 is 0 Å². The average molecular weight is 418 g/mol. The third-order valence-corrected chi connectivity index (χ3v) is 6.51. The van der Waals surface area contributed by atoms with E-state index in [1.807, 2.05) is 30.4 Å². The van der Waals surface area contributed by atoms with Crippen LogP contribution in [0.1, 0.15) is 45.1 Å². The molecule has 6 heteroatoms. The number of unbranched alkanes of at least 4 members (excludes halogenated alkanes) is 1. The van der Waals surface area contributed by atoms with Crippen molar-refractivity contribution in [2.24, 2.45) is 5.92 Å². The highest BCUT2D eigenvalue weighted by atomic mass is 32.2. The first-order valence-electron chi connectivity index (χ1n) is 9.83. The second-order valence-corrected chi connectivity index (χ2v) is 8.77. The fourth-order valence-corrected chi connectivity index (χ4v) is 4.73. The van der Waals surface area contributed by atoms with Gasteiger partial charge in [0.25, 0.3) is 5.91 Å². The molecule has 1 aromatic rings. The third-order valence-electron chi connectivity index (χ3n) is 5.13. The summed E-state index contributed by atoms with van der Waals surface area (Å²) in [5, 5.41) is 0. The van der Waals surface area contributed by atoms with Crippen LogP contribution >= 0.6 is 24.0 Å². The molecule has 4 nitrogen and oxygen atoms in total. The molecule has 0 spiro atoms. The maximum atomic E-state index is 12.9. The van der Waals surface area contributed by atoms with Gasteiger partial charge in [0.15, 0.2) is 11.5 Å². The van der Waals surface area contributed by atoms with Gasteiger partial charge in [-0.2, -0.15) is 0 Å². The summed E-state index contributed by atoms with van der Waals surface area (Å²) in [5.74, 6) is 1.98. The first kappa shape index (κ1) is 20.9. The highest BCUT2D eigenvalue weighted by Gasteiger charge is 2.33. The first-order chi connectivity index (χ1) is 13.6. The molecule has 0 N–H and O–H groups in total. The molecule has 1 fully saturated rings. The van der Waals surface area contributed by atoms with E-state index in [9.17, 15) is 4.79 Å². The van der Waals surface area contributed by atoms with Gasteiger partial charge in [-0.3, -0.25) is 9.69 Å². The van der Waals surface area contributed by atoms with E-state index >= 15 is 0 Å². The molecule has 0 bridgehead atoms. The van der Waals surface area contributed by atoms with Crippen LogP contribution in [0.2, 0.25) is 0 Å². The molecule has 2 heterocycles. The summed E-state index contributed by atoms with van der Waals surface area (Å²) in [7, 11) is 1.63. The molecular formula is C22H27NO3S2. The Labute approximate surface area is 177 Å². The van der Waals surface area contributed by atoms with Crippen molar-refractivity contribution in [3.63, 3.8) is 0 Å². The van der Waals surface area contributed by atoms with Gasteiger partial charge in [-0.05, 0) is 36.1 Å². The number of fused-ring (bicyclic) bond motifs is 1. The largest absolute Gasteiger partial charge is 0.493 e. The van der Waals surface area contributed by atoms with Gasteiger partial charge in [-0.25, -0.2) is 0 Å². The molecule has 0 radical (unpaired) electrons. The summed E-state index contributed by atoms with van der Waals surface area (Å²) in [6.07, 6.45) is 8.53. The number of amides is 1. The van der Waals surface area contributed by atoms with E-state index in [2.05, 4.69) is 13.8 Å². The highest BCUT2D eigenvalue weighted by Crippen LogP contribution is 2.38. The molecule has 3 rings (SSSR count). The second-order valence-electron chi connectivity index (χ2n) is 7.10. The van der Waals surface area contributed by atoms with Crippen LogP contribution in [-0.2, 0) is 4.79 Å². The Morgan fingerprint density at radius 2 is 2.21 bits per heavy atom. The zero-order valence-electron chi connectivity index (χ0n) is 16.7. The zero-order chi connectivity index (χ0) is 20.1. The van der Waals surface area contributed by atoms with Crippen molar-refractivity contribution in [3.8, 4) is 11.5 Å². The zero-order valence-corrected chi connectivity index (χ0v) is 18.3. The van der Waals surface area contributed by atoms with Gasteiger partial charge in [-0.1, -0.05) is 69.2 Å². The van der Waals surface area contributed by atoms with Crippen molar-refractivity contribution >= 4 is 40.3 Å². The van der Waals surface area contributed by atoms with E-state index in [0.717, 1.165) is 35.5 Å². The first-order valence-corrected chi connectivity index (χ1v) is 11.1. The van der Waals surface area contributed by atoms with Crippen LogP contribution in [0.3, 0.4) is 0 Å². The molecule has 1 unspecified atom stereocenters. The van der Waals surface area contributed by atoms with E-state index in [1.54, 1.807) is 12.0 Å². The van der Waals surface area contributed by atoms with Gasteiger partial charge >= 0.3 is 0 Å². The Hall–Kier alpha value is -1.79. The average Bonchev–Trinajstić information content (AvgIpc) is 2.97. The standard InChI is InChI=1S/C22H27NO3S2/c1-4-6-8-15(5-2)13-23-21(24)19(28-22(23)27)12-16-11-17-9-7-10-18(25-3)20(17)26-14-16/h7,9-12,15H,4-6,8,13-14H2,1-3H3/b19-12-. The predicted molar refractivity (Wildman–Crippen MR) is 120 cm³/mol. The lowest BCUT2D eigenvalue weighted by atomic mass is 9.99. The normalized spacial score (nSPS) is 18.8. The van der Waals surface area contributed by atoms with E-state index in [0.29, 0.717) is 28.3 Å². The van der Waals surface area contributed by atoms with Crippen molar-refractivity contribution in [3.05, 3.63) is 40.3 Å².